The quantitative estimate of drug-likeness (QED) is 0.513. The first kappa shape index (κ1) is 22.4. The number of piperazine rings is 1. The molecule has 1 aliphatic heterocycles. The van der Waals surface area contributed by atoms with E-state index in [4.69, 9.17) is 0 Å². The number of thiophene rings is 1. The lowest BCUT2D eigenvalue weighted by atomic mass is 10.2. The van der Waals surface area contributed by atoms with Crippen molar-refractivity contribution in [2.75, 3.05) is 49.9 Å². The van der Waals surface area contributed by atoms with Crippen molar-refractivity contribution in [2.24, 2.45) is 0 Å². The summed E-state index contributed by atoms with van der Waals surface area (Å²) in [5, 5.41) is 3.80. The van der Waals surface area contributed by atoms with Crippen molar-refractivity contribution in [1.29, 1.82) is 0 Å². The summed E-state index contributed by atoms with van der Waals surface area (Å²) in [5.41, 5.74) is 2.44. The van der Waals surface area contributed by atoms with Gasteiger partial charge < -0.3 is 15.2 Å². The minimum absolute atomic E-state index is 0.0291. The van der Waals surface area contributed by atoms with Crippen LogP contribution in [0.2, 0.25) is 0 Å². The van der Waals surface area contributed by atoms with Crippen molar-refractivity contribution >= 4 is 44.9 Å². The van der Waals surface area contributed by atoms with Gasteiger partial charge in [0.1, 0.15) is 10.7 Å². The second-order valence-corrected chi connectivity index (χ2v) is 10.6. The number of nitrogens with one attached hydrogen (secondary N) is 2. The van der Waals surface area contributed by atoms with E-state index in [1.807, 2.05) is 6.07 Å². The molecular formula is C24H29N5O2S2. The van der Waals surface area contributed by atoms with E-state index in [-0.39, 0.29) is 11.5 Å². The highest BCUT2D eigenvalue weighted by Crippen LogP contribution is 2.34. The molecule has 0 spiro atoms. The maximum absolute atomic E-state index is 12.5. The Morgan fingerprint density at radius 2 is 1.97 bits per heavy atom. The van der Waals surface area contributed by atoms with Gasteiger partial charge in [-0.2, -0.15) is 0 Å². The third-order valence-electron chi connectivity index (χ3n) is 6.34. The van der Waals surface area contributed by atoms with Gasteiger partial charge in [0.2, 0.25) is 5.91 Å². The fourth-order valence-corrected chi connectivity index (χ4v) is 6.63. The van der Waals surface area contributed by atoms with Gasteiger partial charge in [-0.15, -0.1) is 23.1 Å². The van der Waals surface area contributed by atoms with Crippen molar-refractivity contribution < 1.29 is 4.79 Å². The number of amides is 1. The monoisotopic (exact) mass is 483 g/mol. The first-order valence-corrected chi connectivity index (χ1v) is 13.5. The zero-order chi connectivity index (χ0) is 22.6. The molecule has 33 heavy (non-hydrogen) atoms. The second-order valence-electron chi connectivity index (χ2n) is 8.56. The highest BCUT2D eigenvalue weighted by atomic mass is 32.2. The number of rotatable bonds is 8. The summed E-state index contributed by atoms with van der Waals surface area (Å²) in [6.07, 6.45) is 3.17. The Balaban J connectivity index is 1.02. The molecule has 1 aliphatic carbocycles. The summed E-state index contributed by atoms with van der Waals surface area (Å²) < 4.78 is 0. The van der Waals surface area contributed by atoms with E-state index < -0.39 is 0 Å². The highest BCUT2D eigenvalue weighted by molar-refractivity contribution is 7.99. The van der Waals surface area contributed by atoms with Crippen molar-refractivity contribution in [2.45, 2.75) is 25.0 Å². The van der Waals surface area contributed by atoms with Crippen LogP contribution in [0.1, 0.15) is 22.7 Å². The molecule has 1 saturated heterocycles. The summed E-state index contributed by atoms with van der Waals surface area (Å²) in [6.45, 7) is 5.56. The fourth-order valence-electron chi connectivity index (χ4n) is 4.63. The first-order chi connectivity index (χ1) is 16.2. The molecule has 1 fully saturated rings. The van der Waals surface area contributed by atoms with Gasteiger partial charge in [-0.3, -0.25) is 14.5 Å². The van der Waals surface area contributed by atoms with Crippen LogP contribution in [0.25, 0.3) is 10.2 Å². The molecule has 0 saturated carbocycles. The van der Waals surface area contributed by atoms with E-state index in [9.17, 15) is 9.59 Å². The average molecular weight is 484 g/mol. The molecule has 1 amide bonds. The number of hydrogen-bond donors (Lipinski definition) is 2. The molecule has 0 bridgehead atoms. The number of hydrogen-bond acceptors (Lipinski definition) is 7. The average Bonchev–Trinajstić information content (AvgIpc) is 3.41. The SMILES string of the molecule is O=C(CSCc1nc2sc3c(c2c(=O)[nH]1)CCC3)NCCN1CCN(c2ccccc2)CC1. The Bertz CT molecular complexity index is 1170. The van der Waals surface area contributed by atoms with Gasteiger partial charge in [0.05, 0.1) is 16.9 Å². The number of H-pyrrole nitrogens is 1. The lowest BCUT2D eigenvalue weighted by molar-refractivity contribution is -0.118. The van der Waals surface area contributed by atoms with Gasteiger partial charge in [-0.25, -0.2) is 4.98 Å². The zero-order valence-electron chi connectivity index (χ0n) is 18.6. The lowest BCUT2D eigenvalue weighted by Gasteiger charge is -2.36. The number of fused-ring (bicyclic) bond motifs is 3. The van der Waals surface area contributed by atoms with Crippen LogP contribution in [0.4, 0.5) is 5.69 Å². The predicted octanol–water partition coefficient (Wildman–Crippen LogP) is 2.64. The number of aromatic nitrogens is 2. The molecule has 3 heterocycles. The number of carbonyl (C=O) groups excluding carboxylic acids is 1. The molecular weight excluding hydrogens is 454 g/mol. The van der Waals surface area contributed by atoms with Crippen molar-refractivity contribution in [3.05, 3.63) is 57.0 Å². The third-order valence-corrected chi connectivity index (χ3v) is 8.47. The summed E-state index contributed by atoms with van der Waals surface area (Å²) in [4.78, 5) is 39.3. The summed E-state index contributed by atoms with van der Waals surface area (Å²) in [5.74, 6) is 1.58. The second kappa shape index (κ2) is 10.3. The number of carbonyl (C=O) groups is 1. The number of benzene rings is 1. The zero-order valence-corrected chi connectivity index (χ0v) is 20.3. The van der Waals surface area contributed by atoms with Gasteiger partial charge in [0.25, 0.3) is 5.56 Å². The van der Waals surface area contributed by atoms with Gasteiger partial charge in [0.15, 0.2) is 0 Å². The van der Waals surface area contributed by atoms with Gasteiger partial charge in [0, 0.05) is 49.8 Å². The topological polar surface area (TPSA) is 81.3 Å². The number of nitrogens with zero attached hydrogens (tertiary/aromatic N) is 3. The van der Waals surface area contributed by atoms with Crippen LogP contribution in [0.15, 0.2) is 35.1 Å². The smallest absolute Gasteiger partial charge is 0.259 e. The van der Waals surface area contributed by atoms with Crippen LogP contribution in [-0.4, -0.2) is 65.8 Å². The molecule has 174 valence electrons. The number of aromatic amines is 1. The first-order valence-electron chi connectivity index (χ1n) is 11.6. The number of aryl methyl sites for hydroxylation is 2. The van der Waals surface area contributed by atoms with Crippen molar-refractivity contribution in [3.8, 4) is 0 Å². The Hall–Kier alpha value is -2.36. The molecule has 0 radical (unpaired) electrons. The van der Waals surface area contributed by atoms with E-state index in [0.29, 0.717) is 23.9 Å². The molecule has 3 aromatic rings. The molecule has 0 unspecified atom stereocenters. The summed E-state index contributed by atoms with van der Waals surface area (Å²) in [6, 6.07) is 10.5. The fraction of sp³-hybridized carbons (Fsp3) is 0.458. The van der Waals surface area contributed by atoms with Gasteiger partial charge >= 0.3 is 0 Å². The molecule has 5 rings (SSSR count). The number of thioether (sulfide) groups is 1. The number of para-hydroxylation sites is 1. The van der Waals surface area contributed by atoms with Crippen molar-refractivity contribution in [1.82, 2.24) is 20.2 Å². The summed E-state index contributed by atoms with van der Waals surface area (Å²) >= 11 is 3.14. The molecule has 2 N–H and O–H groups in total. The molecule has 9 heteroatoms. The molecule has 0 atom stereocenters. The van der Waals surface area contributed by atoms with Crippen LogP contribution >= 0.6 is 23.1 Å². The third kappa shape index (κ3) is 5.26. The Labute approximate surface area is 201 Å². The minimum Gasteiger partial charge on any atom is -0.369 e. The predicted molar refractivity (Wildman–Crippen MR) is 137 cm³/mol. The van der Waals surface area contributed by atoms with Crippen LogP contribution < -0.4 is 15.8 Å². The molecule has 7 nitrogen and oxygen atoms in total. The Morgan fingerprint density at radius 3 is 2.79 bits per heavy atom. The van der Waals surface area contributed by atoms with Crippen LogP contribution in [0.3, 0.4) is 0 Å². The normalized spacial score (nSPS) is 16.3. The largest absolute Gasteiger partial charge is 0.369 e. The Kier molecular flexibility index (Phi) is 6.99. The lowest BCUT2D eigenvalue weighted by Crippen LogP contribution is -2.48. The number of anilines is 1. The highest BCUT2D eigenvalue weighted by Gasteiger charge is 2.21. The van der Waals surface area contributed by atoms with Crippen LogP contribution in [0.5, 0.6) is 0 Å². The van der Waals surface area contributed by atoms with E-state index in [2.05, 4.69) is 49.4 Å². The van der Waals surface area contributed by atoms with Gasteiger partial charge in [-0.1, -0.05) is 18.2 Å². The Morgan fingerprint density at radius 1 is 1.15 bits per heavy atom. The van der Waals surface area contributed by atoms with Crippen LogP contribution in [0, 0.1) is 0 Å². The van der Waals surface area contributed by atoms with E-state index in [1.54, 1.807) is 11.3 Å². The summed E-state index contributed by atoms with van der Waals surface area (Å²) in [7, 11) is 0. The van der Waals surface area contributed by atoms with E-state index in [1.165, 1.54) is 27.9 Å². The molecule has 1 aromatic carbocycles. The minimum atomic E-state index is -0.0354. The van der Waals surface area contributed by atoms with E-state index >= 15 is 0 Å². The molecule has 2 aromatic heterocycles. The van der Waals surface area contributed by atoms with Crippen molar-refractivity contribution in [3.63, 3.8) is 0 Å². The maximum atomic E-state index is 12.5. The van der Waals surface area contributed by atoms with Crippen LogP contribution in [-0.2, 0) is 23.4 Å². The standard InChI is InChI=1S/C24H29N5O2S2/c30-21(25-9-10-28-11-13-29(14-12-28)17-5-2-1-3-6-17)16-32-15-20-26-23(31)22-18-7-4-8-19(18)33-24(22)27-20/h1-3,5-6H,4,7-16H2,(H,25,30)(H,26,27,31). The maximum Gasteiger partial charge on any atom is 0.259 e. The van der Waals surface area contributed by atoms with E-state index in [0.717, 1.165) is 62.2 Å². The molecule has 2 aliphatic rings. The van der Waals surface area contributed by atoms with Gasteiger partial charge in [-0.05, 0) is 37.0 Å².